The highest BCUT2D eigenvalue weighted by molar-refractivity contribution is 7.89. The summed E-state index contributed by atoms with van der Waals surface area (Å²) in [6.07, 6.45) is -0.0700. The second kappa shape index (κ2) is 8.64. The fourth-order valence-corrected chi connectivity index (χ4v) is 4.87. The van der Waals surface area contributed by atoms with Gasteiger partial charge in [0.05, 0.1) is 12.4 Å². The van der Waals surface area contributed by atoms with Crippen LogP contribution in [0.1, 0.15) is 26.2 Å². The van der Waals surface area contributed by atoms with E-state index in [1.54, 1.807) is 17.4 Å². The number of aliphatic carboxylic acids is 1. The SMILES string of the molecule is CCS(=O)(=O)N1C[C@H]2CCC[C@@]2(COc2ccccn2)C1.O=C(O)C(F)(F)F. The Morgan fingerprint density at radius 2 is 2.11 bits per heavy atom. The van der Waals surface area contributed by atoms with Gasteiger partial charge in [0, 0.05) is 30.8 Å². The molecule has 2 aliphatic rings. The minimum atomic E-state index is -5.08. The van der Waals surface area contributed by atoms with Crippen LogP contribution in [0.4, 0.5) is 13.2 Å². The van der Waals surface area contributed by atoms with Crippen molar-refractivity contribution in [2.45, 2.75) is 32.4 Å². The summed E-state index contributed by atoms with van der Waals surface area (Å²) < 4.78 is 63.5. The molecule has 1 aliphatic heterocycles. The van der Waals surface area contributed by atoms with Crippen LogP contribution in [0.5, 0.6) is 5.88 Å². The Morgan fingerprint density at radius 3 is 2.64 bits per heavy atom. The standard InChI is InChI=1S/C15H22N2O3S.C2HF3O2/c1-2-21(18,19)17-10-13-6-5-8-15(13,11-17)12-20-14-7-3-4-9-16-14;3-2(4,5)1(6)7/h3-4,7,9,13H,2,5-6,8,10-12H2,1H3;(H,6,7)/t13-,15+;/m1./s1. The van der Waals surface area contributed by atoms with Crippen LogP contribution in [0.15, 0.2) is 24.4 Å². The van der Waals surface area contributed by atoms with Gasteiger partial charge in [0.25, 0.3) is 0 Å². The van der Waals surface area contributed by atoms with Crippen LogP contribution in [0.25, 0.3) is 0 Å². The molecule has 2 fully saturated rings. The molecule has 1 saturated carbocycles. The number of aromatic nitrogens is 1. The number of nitrogens with zero attached hydrogens (tertiary/aromatic N) is 2. The van der Waals surface area contributed by atoms with Crippen molar-refractivity contribution in [3.8, 4) is 5.88 Å². The number of pyridine rings is 1. The van der Waals surface area contributed by atoms with Crippen LogP contribution in [0.2, 0.25) is 0 Å². The van der Waals surface area contributed by atoms with E-state index in [1.165, 1.54) is 0 Å². The fourth-order valence-electron chi connectivity index (χ4n) is 3.65. The molecular formula is C17H23F3N2O5S. The van der Waals surface area contributed by atoms with Crippen LogP contribution < -0.4 is 4.74 Å². The first kappa shape index (κ1) is 22.4. The molecule has 0 spiro atoms. The second-order valence-electron chi connectivity index (χ2n) is 6.90. The second-order valence-corrected chi connectivity index (χ2v) is 9.16. The number of halogens is 3. The van der Waals surface area contributed by atoms with Gasteiger partial charge in [0.1, 0.15) is 0 Å². The summed E-state index contributed by atoms with van der Waals surface area (Å²) in [4.78, 5) is 13.1. The summed E-state index contributed by atoms with van der Waals surface area (Å²) >= 11 is 0. The Bertz CT molecular complexity index is 773. The van der Waals surface area contributed by atoms with Gasteiger partial charge in [-0.05, 0) is 31.7 Å². The van der Waals surface area contributed by atoms with E-state index in [4.69, 9.17) is 14.6 Å². The molecule has 28 heavy (non-hydrogen) atoms. The van der Waals surface area contributed by atoms with E-state index in [9.17, 15) is 21.6 Å². The highest BCUT2D eigenvalue weighted by Crippen LogP contribution is 2.49. The highest BCUT2D eigenvalue weighted by Gasteiger charge is 2.52. The lowest BCUT2D eigenvalue weighted by Gasteiger charge is -2.28. The molecule has 1 saturated heterocycles. The van der Waals surface area contributed by atoms with E-state index in [1.807, 2.05) is 18.2 Å². The van der Waals surface area contributed by atoms with E-state index in [0.717, 1.165) is 19.3 Å². The molecule has 1 aliphatic carbocycles. The summed E-state index contributed by atoms with van der Waals surface area (Å²) in [7, 11) is -3.10. The number of fused-ring (bicyclic) bond motifs is 1. The molecule has 1 N–H and O–H groups in total. The number of hydrogen-bond donors (Lipinski definition) is 1. The van der Waals surface area contributed by atoms with E-state index >= 15 is 0 Å². The zero-order valence-electron chi connectivity index (χ0n) is 15.4. The van der Waals surface area contributed by atoms with Crippen molar-refractivity contribution < 1.29 is 36.2 Å². The first-order valence-electron chi connectivity index (χ1n) is 8.82. The van der Waals surface area contributed by atoms with Crippen molar-refractivity contribution in [3.63, 3.8) is 0 Å². The number of hydrogen-bond acceptors (Lipinski definition) is 5. The van der Waals surface area contributed by atoms with Gasteiger partial charge in [-0.15, -0.1) is 0 Å². The minimum Gasteiger partial charge on any atom is -0.477 e. The fraction of sp³-hybridized carbons (Fsp3) is 0.647. The maximum Gasteiger partial charge on any atom is 0.490 e. The minimum absolute atomic E-state index is 0.0280. The summed E-state index contributed by atoms with van der Waals surface area (Å²) in [5, 5.41) is 7.12. The third-order valence-electron chi connectivity index (χ3n) is 5.15. The van der Waals surface area contributed by atoms with Crippen molar-refractivity contribution in [1.29, 1.82) is 0 Å². The summed E-state index contributed by atoms with van der Waals surface area (Å²) in [6.45, 7) is 3.52. The van der Waals surface area contributed by atoms with Gasteiger partial charge in [-0.1, -0.05) is 12.5 Å². The Morgan fingerprint density at radius 1 is 1.43 bits per heavy atom. The molecule has 3 rings (SSSR count). The molecule has 1 aromatic rings. The maximum absolute atomic E-state index is 12.1. The van der Waals surface area contributed by atoms with Gasteiger partial charge < -0.3 is 9.84 Å². The molecule has 0 bridgehead atoms. The predicted octanol–water partition coefficient (Wildman–Crippen LogP) is 2.55. The number of carboxylic acids is 1. The average Bonchev–Trinajstić information content (AvgIpc) is 3.18. The number of carboxylic acid groups (broad SMARTS) is 1. The highest BCUT2D eigenvalue weighted by atomic mass is 32.2. The average molecular weight is 424 g/mol. The van der Waals surface area contributed by atoms with Gasteiger partial charge in [0.2, 0.25) is 15.9 Å². The molecular weight excluding hydrogens is 401 g/mol. The van der Waals surface area contributed by atoms with Crippen LogP contribution in [0, 0.1) is 11.3 Å². The Kier molecular flexibility index (Phi) is 6.92. The monoisotopic (exact) mass is 424 g/mol. The van der Waals surface area contributed by atoms with Crippen LogP contribution in [-0.4, -0.2) is 60.4 Å². The quantitative estimate of drug-likeness (QED) is 0.780. The smallest absolute Gasteiger partial charge is 0.477 e. The molecule has 1 aromatic heterocycles. The van der Waals surface area contributed by atoms with Gasteiger partial charge in [0.15, 0.2) is 0 Å². The summed E-state index contributed by atoms with van der Waals surface area (Å²) in [6, 6.07) is 5.60. The Balaban J connectivity index is 0.000000345. The molecule has 2 atom stereocenters. The topological polar surface area (TPSA) is 96.8 Å². The number of alkyl halides is 3. The lowest BCUT2D eigenvalue weighted by atomic mass is 9.82. The molecule has 0 amide bonds. The van der Waals surface area contributed by atoms with Crippen molar-refractivity contribution in [2.75, 3.05) is 25.4 Å². The zero-order chi connectivity index (χ0) is 21.0. The van der Waals surface area contributed by atoms with E-state index in [2.05, 4.69) is 4.98 Å². The van der Waals surface area contributed by atoms with E-state index < -0.39 is 22.2 Å². The molecule has 2 heterocycles. The maximum atomic E-state index is 12.1. The zero-order valence-corrected chi connectivity index (χ0v) is 16.2. The third kappa shape index (κ3) is 5.34. The van der Waals surface area contributed by atoms with E-state index in [0.29, 0.717) is 31.5 Å². The van der Waals surface area contributed by atoms with Gasteiger partial charge >= 0.3 is 12.1 Å². The molecule has 0 radical (unpaired) electrons. The van der Waals surface area contributed by atoms with Gasteiger partial charge in [-0.3, -0.25) is 0 Å². The molecule has 0 unspecified atom stereocenters. The van der Waals surface area contributed by atoms with Gasteiger partial charge in [-0.25, -0.2) is 22.5 Å². The first-order valence-corrected chi connectivity index (χ1v) is 10.4. The van der Waals surface area contributed by atoms with Crippen molar-refractivity contribution in [1.82, 2.24) is 9.29 Å². The lowest BCUT2D eigenvalue weighted by Crippen LogP contribution is -2.36. The van der Waals surface area contributed by atoms with Gasteiger partial charge in [-0.2, -0.15) is 13.2 Å². The van der Waals surface area contributed by atoms with Crippen LogP contribution in [-0.2, 0) is 14.8 Å². The Labute approximate surface area is 161 Å². The number of sulfonamides is 1. The predicted molar refractivity (Wildman–Crippen MR) is 94.2 cm³/mol. The molecule has 0 aromatic carbocycles. The lowest BCUT2D eigenvalue weighted by molar-refractivity contribution is -0.192. The molecule has 7 nitrogen and oxygen atoms in total. The molecule has 158 valence electrons. The number of ether oxygens (including phenoxy) is 1. The van der Waals surface area contributed by atoms with Crippen molar-refractivity contribution >= 4 is 16.0 Å². The van der Waals surface area contributed by atoms with E-state index in [-0.39, 0.29) is 11.2 Å². The largest absolute Gasteiger partial charge is 0.490 e. The number of rotatable bonds is 5. The molecule has 11 heteroatoms. The summed E-state index contributed by atoms with van der Waals surface area (Å²) in [5.41, 5.74) is -0.0280. The van der Waals surface area contributed by atoms with Crippen molar-refractivity contribution in [3.05, 3.63) is 24.4 Å². The summed E-state index contributed by atoms with van der Waals surface area (Å²) in [5.74, 6) is -1.54. The van der Waals surface area contributed by atoms with Crippen LogP contribution >= 0.6 is 0 Å². The third-order valence-corrected chi connectivity index (χ3v) is 6.95. The first-order chi connectivity index (χ1) is 13.0. The normalized spacial score (nSPS) is 24.9. The van der Waals surface area contributed by atoms with Crippen LogP contribution in [0.3, 0.4) is 0 Å². The number of carbonyl (C=O) groups is 1. The Hall–Kier alpha value is -1.88. The van der Waals surface area contributed by atoms with Crippen molar-refractivity contribution in [2.24, 2.45) is 11.3 Å².